The minimum absolute atomic E-state index is 0.0858. The zero-order chi connectivity index (χ0) is 24.8. The van der Waals surface area contributed by atoms with E-state index in [0.29, 0.717) is 34.5 Å². The lowest BCUT2D eigenvalue weighted by Crippen LogP contribution is -2.29. The molecule has 4 rings (SSSR count). The Bertz CT molecular complexity index is 1190. The van der Waals surface area contributed by atoms with Gasteiger partial charge in [0.15, 0.2) is 0 Å². The van der Waals surface area contributed by atoms with E-state index in [1.54, 1.807) is 42.5 Å². The molecule has 0 aliphatic carbocycles. The second-order valence-corrected chi connectivity index (χ2v) is 8.50. The van der Waals surface area contributed by atoms with Gasteiger partial charge in [0.05, 0.1) is 30.3 Å². The number of imide groups is 1. The summed E-state index contributed by atoms with van der Waals surface area (Å²) in [7, 11) is 3.56. The van der Waals surface area contributed by atoms with Crippen molar-refractivity contribution in [1.29, 1.82) is 0 Å². The maximum atomic E-state index is 12.9. The topological polar surface area (TPSA) is 78.9 Å². The minimum atomic E-state index is -0.326. The fourth-order valence-corrected chi connectivity index (χ4v) is 4.18. The minimum Gasteiger partial charge on any atom is -0.496 e. The molecule has 1 N–H and O–H groups in total. The number of anilines is 1. The summed E-state index contributed by atoms with van der Waals surface area (Å²) in [4.78, 5) is 41.7. The molecule has 180 valence electrons. The first-order chi connectivity index (χ1) is 17.0. The number of hydrogen-bond acceptors (Lipinski definition) is 5. The summed E-state index contributed by atoms with van der Waals surface area (Å²) in [5.74, 6) is -0.458. The molecule has 3 amide bonds. The van der Waals surface area contributed by atoms with Crippen molar-refractivity contribution in [2.45, 2.75) is 19.4 Å². The Morgan fingerprint density at radius 1 is 0.914 bits per heavy atom. The predicted octanol–water partition coefficient (Wildman–Crippen LogP) is 4.14. The maximum Gasteiger partial charge on any atom is 0.261 e. The second kappa shape index (κ2) is 10.9. The molecular formula is C28H29N3O4. The Kier molecular flexibility index (Phi) is 7.45. The van der Waals surface area contributed by atoms with E-state index in [1.807, 2.05) is 18.2 Å². The molecule has 0 spiro atoms. The van der Waals surface area contributed by atoms with Crippen molar-refractivity contribution >= 4 is 23.4 Å². The van der Waals surface area contributed by atoms with Gasteiger partial charge in [0.2, 0.25) is 0 Å². The van der Waals surface area contributed by atoms with Crippen LogP contribution in [-0.2, 0) is 6.54 Å². The molecule has 0 aromatic heterocycles. The van der Waals surface area contributed by atoms with Gasteiger partial charge >= 0.3 is 0 Å². The molecule has 0 radical (unpaired) electrons. The quantitative estimate of drug-likeness (QED) is 0.355. The Hall–Kier alpha value is -4.13. The molecule has 7 nitrogen and oxygen atoms in total. The van der Waals surface area contributed by atoms with Crippen LogP contribution in [0.4, 0.5) is 5.69 Å². The van der Waals surface area contributed by atoms with E-state index < -0.39 is 0 Å². The number of hydrogen-bond donors (Lipinski definition) is 1. The fourth-order valence-electron chi connectivity index (χ4n) is 4.18. The molecule has 7 heteroatoms. The van der Waals surface area contributed by atoms with E-state index in [9.17, 15) is 14.4 Å². The highest BCUT2D eigenvalue weighted by molar-refractivity contribution is 6.21. The first kappa shape index (κ1) is 24.0. The standard InChI is InChI=1S/C28H29N3O4/c1-30(21-10-4-3-5-11-21)17-9-8-16-29-26(32)24-18-20(14-15-25(24)35-2)19-31-27(33)22-12-6-7-13-23(22)28(31)34/h3-7,10-15,18H,8-9,16-17,19H2,1-2H3,(H,29,32). The van der Waals surface area contributed by atoms with Crippen molar-refractivity contribution < 1.29 is 19.1 Å². The van der Waals surface area contributed by atoms with Gasteiger partial charge in [0.1, 0.15) is 5.75 Å². The van der Waals surface area contributed by atoms with Crippen LogP contribution in [0.15, 0.2) is 72.8 Å². The molecule has 3 aromatic carbocycles. The predicted molar refractivity (Wildman–Crippen MR) is 135 cm³/mol. The molecule has 1 aliphatic heterocycles. The highest BCUT2D eigenvalue weighted by Gasteiger charge is 2.35. The van der Waals surface area contributed by atoms with Gasteiger partial charge in [-0.15, -0.1) is 0 Å². The zero-order valence-electron chi connectivity index (χ0n) is 20.0. The average Bonchev–Trinajstić information content (AvgIpc) is 3.13. The Balaban J connectivity index is 1.34. The molecule has 0 unspecified atom stereocenters. The first-order valence-electron chi connectivity index (χ1n) is 11.7. The van der Waals surface area contributed by atoms with E-state index in [2.05, 4.69) is 29.4 Å². The van der Waals surface area contributed by atoms with Crippen molar-refractivity contribution in [3.63, 3.8) is 0 Å². The SMILES string of the molecule is COc1ccc(CN2C(=O)c3ccccc3C2=O)cc1C(=O)NCCCCN(C)c1ccccc1. The van der Waals surface area contributed by atoms with Gasteiger partial charge in [0.25, 0.3) is 17.7 Å². The van der Waals surface area contributed by atoms with Crippen LogP contribution >= 0.6 is 0 Å². The summed E-state index contributed by atoms with van der Waals surface area (Å²) in [5, 5.41) is 2.95. The lowest BCUT2D eigenvalue weighted by molar-refractivity contribution is 0.0642. The van der Waals surface area contributed by atoms with Crippen LogP contribution < -0.4 is 15.0 Å². The summed E-state index contributed by atoms with van der Waals surface area (Å²) in [6, 6.07) is 22.1. The van der Waals surface area contributed by atoms with Gasteiger partial charge < -0.3 is 15.0 Å². The van der Waals surface area contributed by atoms with E-state index in [-0.39, 0.29) is 24.3 Å². The van der Waals surface area contributed by atoms with Gasteiger partial charge in [0, 0.05) is 25.8 Å². The lowest BCUT2D eigenvalue weighted by Gasteiger charge is -2.19. The molecule has 0 fully saturated rings. The number of carbonyl (C=O) groups excluding carboxylic acids is 3. The number of nitrogens with one attached hydrogen (secondary N) is 1. The van der Waals surface area contributed by atoms with Crippen molar-refractivity contribution in [3.8, 4) is 5.75 Å². The average molecular weight is 472 g/mol. The van der Waals surface area contributed by atoms with E-state index >= 15 is 0 Å². The number of rotatable bonds is 10. The summed E-state index contributed by atoms with van der Waals surface area (Å²) < 4.78 is 5.38. The van der Waals surface area contributed by atoms with Gasteiger partial charge in [-0.1, -0.05) is 36.4 Å². The van der Waals surface area contributed by atoms with Crippen molar-refractivity contribution in [3.05, 3.63) is 95.1 Å². The van der Waals surface area contributed by atoms with E-state index in [0.717, 1.165) is 25.1 Å². The summed E-state index contributed by atoms with van der Waals surface area (Å²) in [6.07, 6.45) is 1.77. The number of amides is 3. The van der Waals surface area contributed by atoms with Gasteiger partial charge in [-0.25, -0.2) is 0 Å². The van der Waals surface area contributed by atoms with E-state index in [1.165, 1.54) is 12.0 Å². The van der Waals surface area contributed by atoms with Crippen LogP contribution in [0.3, 0.4) is 0 Å². The largest absolute Gasteiger partial charge is 0.496 e. The summed E-state index contributed by atoms with van der Waals surface area (Å²) in [5.41, 5.74) is 3.03. The van der Waals surface area contributed by atoms with Gasteiger partial charge in [-0.2, -0.15) is 0 Å². The molecule has 0 atom stereocenters. The third-order valence-corrected chi connectivity index (χ3v) is 6.13. The molecule has 0 bridgehead atoms. The lowest BCUT2D eigenvalue weighted by atomic mass is 10.1. The van der Waals surface area contributed by atoms with Crippen LogP contribution in [0.1, 0.15) is 49.5 Å². The zero-order valence-corrected chi connectivity index (χ0v) is 20.0. The molecule has 0 saturated carbocycles. The number of unbranched alkanes of at least 4 members (excludes halogenated alkanes) is 1. The first-order valence-corrected chi connectivity index (χ1v) is 11.7. The maximum absolute atomic E-state index is 12.9. The molecule has 1 heterocycles. The van der Waals surface area contributed by atoms with Crippen molar-refractivity contribution in [1.82, 2.24) is 10.2 Å². The number of fused-ring (bicyclic) bond motifs is 1. The number of methoxy groups -OCH3 is 1. The summed E-state index contributed by atoms with van der Waals surface area (Å²) in [6.45, 7) is 1.51. The van der Waals surface area contributed by atoms with Crippen LogP contribution in [0.5, 0.6) is 5.75 Å². The number of nitrogens with zero attached hydrogens (tertiary/aromatic N) is 2. The van der Waals surface area contributed by atoms with Crippen LogP contribution in [0.2, 0.25) is 0 Å². The summed E-state index contributed by atoms with van der Waals surface area (Å²) >= 11 is 0. The Labute approximate surface area is 205 Å². The van der Waals surface area contributed by atoms with Crippen molar-refractivity contribution in [2.75, 3.05) is 32.1 Å². The van der Waals surface area contributed by atoms with Gasteiger partial charge in [-0.3, -0.25) is 19.3 Å². The number of para-hydroxylation sites is 1. The molecular weight excluding hydrogens is 442 g/mol. The normalized spacial score (nSPS) is 12.5. The smallest absolute Gasteiger partial charge is 0.261 e. The highest BCUT2D eigenvalue weighted by atomic mass is 16.5. The fraction of sp³-hybridized carbons (Fsp3) is 0.250. The monoisotopic (exact) mass is 471 g/mol. The van der Waals surface area contributed by atoms with E-state index in [4.69, 9.17) is 4.74 Å². The molecule has 1 aliphatic rings. The Morgan fingerprint density at radius 2 is 1.57 bits per heavy atom. The van der Waals surface area contributed by atoms with Crippen LogP contribution in [0, 0.1) is 0 Å². The molecule has 35 heavy (non-hydrogen) atoms. The second-order valence-electron chi connectivity index (χ2n) is 8.50. The number of benzene rings is 3. The number of ether oxygens (including phenoxy) is 1. The van der Waals surface area contributed by atoms with Crippen LogP contribution in [0.25, 0.3) is 0 Å². The third kappa shape index (κ3) is 5.35. The highest BCUT2D eigenvalue weighted by Crippen LogP contribution is 2.26. The van der Waals surface area contributed by atoms with Crippen LogP contribution in [-0.4, -0.2) is 49.9 Å². The molecule has 3 aromatic rings. The third-order valence-electron chi connectivity index (χ3n) is 6.13. The van der Waals surface area contributed by atoms with Gasteiger partial charge in [-0.05, 0) is 54.8 Å². The Morgan fingerprint density at radius 3 is 2.23 bits per heavy atom. The number of carbonyl (C=O) groups is 3. The van der Waals surface area contributed by atoms with Crippen molar-refractivity contribution in [2.24, 2.45) is 0 Å². The molecule has 0 saturated heterocycles.